The van der Waals surface area contributed by atoms with Gasteiger partial charge in [0.1, 0.15) is 43.2 Å². The van der Waals surface area contributed by atoms with E-state index in [2.05, 4.69) is 26.0 Å². The second-order valence-corrected chi connectivity index (χ2v) is 14.1. The smallest absolute Gasteiger partial charge is 0.462 e. The lowest BCUT2D eigenvalue weighted by molar-refractivity contribution is -0.220. The SMILES string of the molecule is CCCC/C=C\CCCCCCCC(=O)OC(COC(=O)CCCCCCCCCC)COP(=O)(O)OC1C(O)C(O)C(O)C(O)C1O. The summed E-state index contributed by atoms with van der Waals surface area (Å²) in [6, 6.07) is 0. The molecule has 0 bridgehead atoms. The second-order valence-electron chi connectivity index (χ2n) is 12.7. The molecule has 13 nitrogen and oxygen atoms in total. The molecule has 0 aromatic rings. The van der Waals surface area contributed by atoms with Crippen molar-refractivity contribution in [2.75, 3.05) is 13.2 Å². The Hall–Kier alpha value is -1.41. The minimum Gasteiger partial charge on any atom is -0.462 e. The van der Waals surface area contributed by atoms with Crippen molar-refractivity contribution in [3.05, 3.63) is 12.2 Å². The Labute approximate surface area is 286 Å². The quantitative estimate of drug-likeness (QED) is 0.0280. The molecule has 0 saturated heterocycles. The van der Waals surface area contributed by atoms with Crippen LogP contribution in [0, 0.1) is 0 Å². The summed E-state index contributed by atoms with van der Waals surface area (Å²) < 4.78 is 33.1. The molecule has 1 fully saturated rings. The van der Waals surface area contributed by atoms with E-state index in [1.807, 2.05) is 0 Å². The van der Waals surface area contributed by atoms with Gasteiger partial charge < -0.3 is 39.9 Å². The first-order valence-corrected chi connectivity index (χ1v) is 19.5. The van der Waals surface area contributed by atoms with E-state index in [0.717, 1.165) is 57.8 Å². The van der Waals surface area contributed by atoms with Crippen LogP contribution in [0.1, 0.15) is 136 Å². The maximum atomic E-state index is 12.7. The Bertz CT molecular complexity index is 917. The zero-order valence-corrected chi connectivity index (χ0v) is 29.9. The van der Waals surface area contributed by atoms with Crippen LogP contribution in [0.2, 0.25) is 0 Å². The van der Waals surface area contributed by atoms with Crippen LogP contribution in [0.3, 0.4) is 0 Å². The highest BCUT2D eigenvalue weighted by Crippen LogP contribution is 2.47. The fraction of sp³-hybridized carbons (Fsp3) is 0.882. The predicted molar refractivity (Wildman–Crippen MR) is 180 cm³/mol. The van der Waals surface area contributed by atoms with Crippen LogP contribution in [0.4, 0.5) is 0 Å². The highest BCUT2D eigenvalue weighted by molar-refractivity contribution is 7.47. The maximum absolute atomic E-state index is 12.7. The van der Waals surface area contributed by atoms with Crippen molar-refractivity contribution in [1.82, 2.24) is 0 Å². The van der Waals surface area contributed by atoms with Crippen LogP contribution in [0.5, 0.6) is 0 Å². The molecule has 6 atom stereocenters. The molecule has 0 aromatic heterocycles. The Balaban J connectivity index is 2.59. The van der Waals surface area contributed by atoms with Gasteiger partial charge in [-0.2, -0.15) is 0 Å². The third kappa shape index (κ3) is 19.7. The van der Waals surface area contributed by atoms with E-state index in [0.29, 0.717) is 12.8 Å². The van der Waals surface area contributed by atoms with E-state index in [9.17, 15) is 44.6 Å². The minimum atomic E-state index is -5.10. The predicted octanol–water partition coefficient (Wildman–Crippen LogP) is 4.77. The zero-order valence-electron chi connectivity index (χ0n) is 29.0. The van der Waals surface area contributed by atoms with Gasteiger partial charge in [-0.25, -0.2) is 4.57 Å². The van der Waals surface area contributed by atoms with Gasteiger partial charge in [0.05, 0.1) is 6.61 Å². The third-order valence-corrected chi connectivity index (χ3v) is 9.34. The van der Waals surface area contributed by atoms with E-state index in [1.54, 1.807) is 0 Å². The molecule has 0 radical (unpaired) electrons. The van der Waals surface area contributed by atoms with Gasteiger partial charge in [-0.05, 0) is 32.1 Å². The molecule has 282 valence electrons. The normalized spacial score (nSPS) is 24.8. The van der Waals surface area contributed by atoms with Gasteiger partial charge >= 0.3 is 19.8 Å². The molecule has 0 heterocycles. The number of rotatable bonds is 28. The van der Waals surface area contributed by atoms with E-state index < -0.39 is 75.7 Å². The van der Waals surface area contributed by atoms with Crippen LogP contribution in [0.25, 0.3) is 0 Å². The molecule has 0 aliphatic heterocycles. The summed E-state index contributed by atoms with van der Waals surface area (Å²) >= 11 is 0. The molecule has 1 aliphatic rings. The fourth-order valence-corrected chi connectivity index (χ4v) is 6.30. The molecule has 0 amide bonds. The largest absolute Gasteiger partial charge is 0.472 e. The summed E-state index contributed by atoms with van der Waals surface area (Å²) in [6.45, 7) is 3.16. The number of carbonyl (C=O) groups excluding carboxylic acids is 2. The van der Waals surface area contributed by atoms with Gasteiger partial charge in [0.25, 0.3) is 0 Å². The molecule has 0 spiro atoms. The molecule has 1 aliphatic carbocycles. The Morgan fingerprint density at radius 3 is 1.65 bits per heavy atom. The first-order chi connectivity index (χ1) is 22.9. The maximum Gasteiger partial charge on any atom is 0.472 e. The molecule has 1 saturated carbocycles. The summed E-state index contributed by atoms with van der Waals surface area (Å²) in [7, 11) is -5.10. The number of hydrogen-bond acceptors (Lipinski definition) is 12. The van der Waals surface area contributed by atoms with Crippen molar-refractivity contribution in [2.45, 2.75) is 179 Å². The number of aliphatic hydroxyl groups is 5. The number of esters is 2. The molecule has 48 heavy (non-hydrogen) atoms. The van der Waals surface area contributed by atoms with Gasteiger partial charge in [0.2, 0.25) is 0 Å². The number of phosphoric acid groups is 1. The van der Waals surface area contributed by atoms with Gasteiger partial charge in [-0.3, -0.25) is 18.6 Å². The highest BCUT2D eigenvalue weighted by atomic mass is 31.2. The van der Waals surface area contributed by atoms with Crippen molar-refractivity contribution in [3.8, 4) is 0 Å². The molecule has 14 heteroatoms. The number of allylic oxidation sites excluding steroid dienone is 2. The van der Waals surface area contributed by atoms with Crippen LogP contribution >= 0.6 is 7.82 Å². The van der Waals surface area contributed by atoms with Crippen LogP contribution in [-0.2, 0) is 32.7 Å². The van der Waals surface area contributed by atoms with Gasteiger partial charge in [0, 0.05) is 12.8 Å². The topological polar surface area (TPSA) is 210 Å². The van der Waals surface area contributed by atoms with Crippen molar-refractivity contribution >= 4 is 19.8 Å². The van der Waals surface area contributed by atoms with Crippen molar-refractivity contribution in [1.29, 1.82) is 0 Å². The van der Waals surface area contributed by atoms with Crippen LogP contribution < -0.4 is 0 Å². The first kappa shape index (κ1) is 44.6. The Kier molecular flexibility index (Phi) is 24.5. The number of ether oxygens (including phenoxy) is 2. The van der Waals surface area contributed by atoms with Gasteiger partial charge in [-0.15, -0.1) is 0 Å². The van der Waals surface area contributed by atoms with Crippen LogP contribution in [0.15, 0.2) is 12.2 Å². The average molecular weight is 711 g/mol. The molecule has 0 aromatic carbocycles. The van der Waals surface area contributed by atoms with Crippen molar-refractivity contribution in [2.24, 2.45) is 0 Å². The van der Waals surface area contributed by atoms with E-state index in [-0.39, 0.29) is 12.8 Å². The number of phosphoric ester groups is 1. The Morgan fingerprint density at radius 2 is 1.08 bits per heavy atom. The van der Waals surface area contributed by atoms with Gasteiger partial charge in [-0.1, -0.05) is 103 Å². The number of carbonyl (C=O) groups is 2. The molecule has 1 rings (SSSR count). The highest BCUT2D eigenvalue weighted by Gasteiger charge is 2.51. The molecular weight excluding hydrogens is 647 g/mol. The lowest BCUT2D eigenvalue weighted by Gasteiger charge is -2.41. The summed E-state index contributed by atoms with van der Waals surface area (Å²) in [5.74, 6) is -1.12. The summed E-state index contributed by atoms with van der Waals surface area (Å²) in [6.07, 6.45) is 8.92. The first-order valence-electron chi connectivity index (χ1n) is 18.0. The molecule has 6 unspecified atom stereocenters. The standard InChI is InChI=1S/C34H63O13P/c1-3-5-7-9-11-13-14-15-17-19-21-23-28(36)46-26(24-44-27(35)22-20-18-16-12-10-8-6-4-2)25-45-48(42,43)47-34-32(40)30(38)29(37)31(39)33(34)41/h9,11,26,29-34,37-41H,3-8,10,12-25H2,1-2H3,(H,42,43)/b11-9-. The number of aliphatic hydroxyl groups excluding tert-OH is 5. The van der Waals surface area contributed by atoms with E-state index >= 15 is 0 Å². The number of unbranched alkanes of at least 4 members (excludes halogenated alkanes) is 14. The molecule has 6 N–H and O–H groups in total. The van der Waals surface area contributed by atoms with Crippen molar-refractivity contribution < 1.29 is 63.1 Å². The lowest BCUT2D eigenvalue weighted by Crippen LogP contribution is -2.64. The van der Waals surface area contributed by atoms with Crippen LogP contribution in [-0.4, -0.2) is 98.3 Å². The second kappa shape index (κ2) is 26.4. The van der Waals surface area contributed by atoms with Crippen molar-refractivity contribution in [3.63, 3.8) is 0 Å². The van der Waals surface area contributed by atoms with Gasteiger partial charge in [0.15, 0.2) is 6.10 Å². The molecular formula is C34H63O13P. The lowest BCUT2D eigenvalue weighted by atomic mass is 9.85. The minimum absolute atomic E-state index is 0.0888. The summed E-state index contributed by atoms with van der Waals surface area (Å²) in [5.41, 5.74) is 0. The monoisotopic (exact) mass is 710 g/mol. The van der Waals surface area contributed by atoms with E-state index in [1.165, 1.54) is 38.5 Å². The number of hydrogen-bond donors (Lipinski definition) is 6. The summed E-state index contributed by atoms with van der Waals surface area (Å²) in [5, 5.41) is 49.7. The zero-order chi connectivity index (χ0) is 35.8. The van der Waals surface area contributed by atoms with E-state index in [4.69, 9.17) is 18.5 Å². The fourth-order valence-electron chi connectivity index (χ4n) is 5.32. The Morgan fingerprint density at radius 1 is 0.625 bits per heavy atom. The third-order valence-electron chi connectivity index (χ3n) is 8.36. The summed E-state index contributed by atoms with van der Waals surface area (Å²) in [4.78, 5) is 35.2. The average Bonchev–Trinajstić information content (AvgIpc) is 3.06.